The summed E-state index contributed by atoms with van der Waals surface area (Å²) in [4.78, 5) is 15.3. The zero-order valence-electron chi connectivity index (χ0n) is 18.9. The molecule has 1 saturated carbocycles. The fraction of sp³-hybridized carbons (Fsp3) is 0.296. The van der Waals surface area contributed by atoms with Gasteiger partial charge in [-0.15, -0.1) is 0 Å². The van der Waals surface area contributed by atoms with Crippen LogP contribution in [0.1, 0.15) is 43.4 Å². The third-order valence-corrected chi connectivity index (χ3v) is 8.45. The molecule has 2 aliphatic rings. The SMILES string of the molecule is Cc1ccc(S(=O)(=O)N(c2ccccc2)[C@H]2C[C@@H](C)N(C(=O)C3CC3)c3ccccc32)cc1. The highest BCUT2D eigenvalue weighted by Gasteiger charge is 2.44. The number of fused-ring (bicyclic) bond motifs is 1. The van der Waals surface area contributed by atoms with Crippen LogP contribution in [0.4, 0.5) is 11.4 Å². The minimum absolute atomic E-state index is 0.0959. The highest BCUT2D eigenvalue weighted by Crippen LogP contribution is 2.46. The molecule has 0 aromatic heterocycles. The van der Waals surface area contributed by atoms with E-state index in [1.54, 1.807) is 16.4 Å². The van der Waals surface area contributed by atoms with Gasteiger partial charge in [0.1, 0.15) is 0 Å². The summed E-state index contributed by atoms with van der Waals surface area (Å²) in [5, 5.41) is 0. The van der Waals surface area contributed by atoms with Crippen LogP contribution >= 0.6 is 0 Å². The lowest BCUT2D eigenvalue weighted by Gasteiger charge is -2.43. The Kier molecular flexibility index (Phi) is 5.49. The van der Waals surface area contributed by atoms with Crippen LogP contribution in [0.3, 0.4) is 0 Å². The van der Waals surface area contributed by atoms with Crippen molar-refractivity contribution in [2.24, 2.45) is 5.92 Å². The standard InChI is InChI=1S/C27H28N2O3S/c1-19-12-16-23(17-13-19)33(31,32)29(22-8-4-3-5-9-22)26-18-20(2)28(27(30)21-14-15-21)25-11-7-6-10-24(25)26/h3-13,16-17,20-21,26H,14-15,18H2,1-2H3/t20-,26+/m1/s1. The van der Waals surface area contributed by atoms with Crippen LogP contribution in [0.5, 0.6) is 0 Å². The summed E-state index contributed by atoms with van der Waals surface area (Å²) < 4.78 is 29.6. The van der Waals surface area contributed by atoms with Gasteiger partial charge in [0.15, 0.2) is 0 Å². The van der Waals surface area contributed by atoms with E-state index in [0.717, 1.165) is 29.7 Å². The van der Waals surface area contributed by atoms with Crippen LogP contribution in [0.2, 0.25) is 0 Å². The van der Waals surface area contributed by atoms with Crippen molar-refractivity contribution in [1.82, 2.24) is 0 Å². The van der Waals surface area contributed by atoms with Crippen molar-refractivity contribution in [3.8, 4) is 0 Å². The number of carbonyl (C=O) groups is 1. The fourth-order valence-electron chi connectivity index (χ4n) is 4.75. The van der Waals surface area contributed by atoms with Gasteiger partial charge < -0.3 is 4.90 Å². The average Bonchev–Trinajstić information content (AvgIpc) is 3.65. The molecule has 2 atom stereocenters. The van der Waals surface area contributed by atoms with E-state index in [-0.39, 0.29) is 22.8 Å². The molecule has 3 aromatic carbocycles. The Labute approximate surface area is 195 Å². The molecule has 1 aliphatic heterocycles. The number of benzene rings is 3. The predicted octanol–water partition coefficient (Wildman–Crippen LogP) is 5.47. The summed E-state index contributed by atoms with van der Waals surface area (Å²) in [5.41, 5.74) is 3.31. The maximum absolute atomic E-state index is 14.0. The molecular formula is C27H28N2O3S. The lowest BCUT2D eigenvalue weighted by atomic mass is 9.91. The largest absolute Gasteiger partial charge is 0.309 e. The summed E-state index contributed by atoms with van der Waals surface area (Å²) >= 11 is 0. The third kappa shape index (κ3) is 3.93. The quantitative estimate of drug-likeness (QED) is 0.508. The number of carbonyl (C=O) groups excluding carboxylic acids is 1. The van der Waals surface area contributed by atoms with E-state index in [1.807, 2.05) is 85.5 Å². The molecule has 3 aromatic rings. The Bertz CT molecular complexity index is 1270. The monoisotopic (exact) mass is 460 g/mol. The van der Waals surface area contributed by atoms with Crippen LogP contribution in [0.15, 0.2) is 83.8 Å². The van der Waals surface area contributed by atoms with Crippen molar-refractivity contribution in [2.45, 2.75) is 50.1 Å². The first-order valence-electron chi connectivity index (χ1n) is 11.5. The van der Waals surface area contributed by atoms with Gasteiger partial charge >= 0.3 is 0 Å². The molecule has 0 bridgehead atoms. The highest BCUT2D eigenvalue weighted by atomic mass is 32.2. The lowest BCUT2D eigenvalue weighted by Crippen LogP contribution is -2.48. The molecule has 0 saturated heterocycles. The lowest BCUT2D eigenvalue weighted by molar-refractivity contribution is -0.120. The maximum Gasteiger partial charge on any atom is 0.264 e. The van der Waals surface area contributed by atoms with Gasteiger partial charge in [-0.05, 0) is 69.0 Å². The minimum atomic E-state index is -3.85. The average molecular weight is 461 g/mol. The van der Waals surface area contributed by atoms with Gasteiger partial charge in [0, 0.05) is 17.6 Å². The second kappa shape index (κ2) is 8.34. The van der Waals surface area contributed by atoms with E-state index in [9.17, 15) is 13.2 Å². The van der Waals surface area contributed by atoms with E-state index in [1.165, 1.54) is 0 Å². The van der Waals surface area contributed by atoms with Crippen molar-refractivity contribution in [2.75, 3.05) is 9.21 Å². The highest BCUT2D eigenvalue weighted by molar-refractivity contribution is 7.92. The zero-order chi connectivity index (χ0) is 23.2. The Morgan fingerprint density at radius 2 is 1.55 bits per heavy atom. The first-order valence-corrected chi connectivity index (χ1v) is 12.9. The normalized spacial score (nSPS) is 20.2. The van der Waals surface area contributed by atoms with Gasteiger partial charge in [0.2, 0.25) is 5.91 Å². The first-order chi connectivity index (χ1) is 15.9. The Morgan fingerprint density at radius 3 is 2.21 bits per heavy atom. The third-order valence-electron chi connectivity index (χ3n) is 6.60. The van der Waals surface area contributed by atoms with Crippen LogP contribution in [-0.4, -0.2) is 20.4 Å². The number of sulfonamides is 1. The number of anilines is 2. The van der Waals surface area contributed by atoms with Crippen LogP contribution in [-0.2, 0) is 14.8 Å². The Balaban J connectivity index is 1.66. The molecule has 170 valence electrons. The van der Waals surface area contributed by atoms with Gasteiger partial charge in [-0.2, -0.15) is 0 Å². The van der Waals surface area contributed by atoms with Crippen LogP contribution < -0.4 is 9.21 Å². The van der Waals surface area contributed by atoms with Crippen molar-refractivity contribution in [3.05, 3.63) is 90.0 Å². The second-order valence-corrected chi connectivity index (χ2v) is 10.9. The number of amides is 1. The summed E-state index contributed by atoms with van der Waals surface area (Å²) in [7, 11) is -3.85. The van der Waals surface area contributed by atoms with Crippen molar-refractivity contribution >= 4 is 27.3 Å². The number of para-hydroxylation sites is 2. The zero-order valence-corrected chi connectivity index (χ0v) is 19.7. The molecule has 6 heteroatoms. The van der Waals surface area contributed by atoms with Gasteiger partial charge in [0.05, 0.1) is 16.6 Å². The molecule has 1 fully saturated rings. The van der Waals surface area contributed by atoms with Gasteiger partial charge in [-0.3, -0.25) is 9.10 Å². The van der Waals surface area contributed by atoms with E-state index in [4.69, 9.17) is 0 Å². The van der Waals surface area contributed by atoms with Crippen LogP contribution in [0, 0.1) is 12.8 Å². The molecule has 0 spiro atoms. The van der Waals surface area contributed by atoms with E-state index in [2.05, 4.69) is 0 Å². The first kappa shape index (κ1) is 21.7. The molecule has 0 radical (unpaired) electrons. The van der Waals surface area contributed by atoms with E-state index < -0.39 is 16.1 Å². The molecule has 0 unspecified atom stereocenters. The van der Waals surface area contributed by atoms with Crippen molar-refractivity contribution in [3.63, 3.8) is 0 Å². The minimum Gasteiger partial charge on any atom is -0.309 e. The number of rotatable bonds is 5. The summed E-state index contributed by atoms with van der Waals surface area (Å²) in [5.74, 6) is 0.250. The number of hydrogen-bond acceptors (Lipinski definition) is 3. The Morgan fingerprint density at radius 1 is 0.909 bits per heavy atom. The smallest absolute Gasteiger partial charge is 0.264 e. The van der Waals surface area contributed by atoms with Crippen molar-refractivity contribution < 1.29 is 13.2 Å². The van der Waals surface area contributed by atoms with Gasteiger partial charge in [0.25, 0.3) is 10.0 Å². The molecule has 1 heterocycles. The second-order valence-electron chi connectivity index (χ2n) is 9.09. The summed E-state index contributed by atoms with van der Waals surface area (Å²) in [6, 6.07) is 23.4. The molecule has 1 amide bonds. The molecule has 5 nitrogen and oxygen atoms in total. The number of hydrogen-bond donors (Lipinski definition) is 0. The molecule has 0 N–H and O–H groups in total. The number of aryl methyl sites for hydroxylation is 1. The Hall–Kier alpha value is -3.12. The predicted molar refractivity (Wildman–Crippen MR) is 131 cm³/mol. The summed E-state index contributed by atoms with van der Waals surface area (Å²) in [6.07, 6.45) is 2.40. The van der Waals surface area contributed by atoms with Gasteiger partial charge in [-0.1, -0.05) is 54.1 Å². The molecular weight excluding hydrogens is 432 g/mol. The van der Waals surface area contributed by atoms with Crippen LogP contribution in [0.25, 0.3) is 0 Å². The maximum atomic E-state index is 14.0. The van der Waals surface area contributed by atoms with Gasteiger partial charge in [-0.25, -0.2) is 8.42 Å². The summed E-state index contributed by atoms with van der Waals surface area (Å²) in [6.45, 7) is 3.96. The fourth-order valence-corrected chi connectivity index (χ4v) is 6.39. The van der Waals surface area contributed by atoms with Crippen molar-refractivity contribution in [1.29, 1.82) is 0 Å². The van der Waals surface area contributed by atoms with E-state index in [0.29, 0.717) is 12.1 Å². The topological polar surface area (TPSA) is 57.7 Å². The number of nitrogens with zero attached hydrogens (tertiary/aromatic N) is 2. The molecule has 1 aliphatic carbocycles. The molecule has 5 rings (SSSR count). The molecule has 33 heavy (non-hydrogen) atoms. The van der Waals surface area contributed by atoms with E-state index >= 15 is 0 Å².